The van der Waals surface area contributed by atoms with Crippen LogP contribution in [0.1, 0.15) is 31.2 Å². The van der Waals surface area contributed by atoms with E-state index in [1.54, 1.807) is 0 Å². The number of fused-ring (bicyclic) bond motifs is 1. The fraction of sp³-hybridized carbons (Fsp3) is 0.467. The molecule has 3 rings (SSSR count). The van der Waals surface area contributed by atoms with Gasteiger partial charge in [-0.2, -0.15) is 4.37 Å². The Morgan fingerprint density at radius 3 is 2.81 bits per heavy atom. The largest absolute Gasteiger partial charge is 0.486 e. The lowest BCUT2D eigenvalue weighted by molar-refractivity contribution is 0.171. The molecule has 1 aromatic carbocycles. The van der Waals surface area contributed by atoms with Gasteiger partial charge in [0.2, 0.25) is 5.13 Å². The van der Waals surface area contributed by atoms with Gasteiger partial charge in [0, 0.05) is 24.0 Å². The number of nitrogens with one attached hydrogen (secondary N) is 1. The first kappa shape index (κ1) is 14.1. The minimum Gasteiger partial charge on any atom is -0.486 e. The highest BCUT2D eigenvalue weighted by Crippen LogP contribution is 2.30. The Labute approximate surface area is 128 Å². The maximum atomic E-state index is 5.59. The SMILES string of the molecule is CC(C)c1nsc(NCCc2ccc3c(c2)OCCO3)n1. The summed E-state index contributed by atoms with van der Waals surface area (Å²) in [6.45, 7) is 6.27. The van der Waals surface area contributed by atoms with Crippen LogP contribution in [0.5, 0.6) is 11.5 Å². The quantitative estimate of drug-likeness (QED) is 0.920. The summed E-state index contributed by atoms with van der Waals surface area (Å²) in [5.41, 5.74) is 1.22. The molecular formula is C15H19N3O2S. The highest BCUT2D eigenvalue weighted by atomic mass is 32.1. The minimum absolute atomic E-state index is 0.370. The third-order valence-electron chi connectivity index (χ3n) is 3.25. The third kappa shape index (κ3) is 3.44. The molecule has 0 unspecified atom stereocenters. The third-order valence-corrected chi connectivity index (χ3v) is 3.94. The van der Waals surface area contributed by atoms with Crippen LogP contribution in [-0.2, 0) is 6.42 Å². The Kier molecular flexibility index (Phi) is 4.24. The number of anilines is 1. The molecule has 0 saturated heterocycles. The van der Waals surface area contributed by atoms with Crippen molar-refractivity contribution in [3.05, 3.63) is 29.6 Å². The number of hydrogen-bond donors (Lipinski definition) is 1. The van der Waals surface area contributed by atoms with E-state index in [0.717, 1.165) is 35.4 Å². The second-order valence-electron chi connectivity index (χ2n) is 5.27. The van der Waals surface area contributed by atoms with Gasteiger partial charge < -0.3 is 14.8 Å². The summed E-state index contributed by atoms with van der Waals surface area (Å²) in [6, 6.07) is 6.11. The van der Waals surface area contributed by atoms with Gasteiger partial charge in [-0.25, -0.2) is 4.98 Å². The van der Waals surface area contributed by atoms with Gasteiger partial charge in [0.1, 0.15) is 19.0 Å². The smallest absolute Gasteiger partial charge is 0.202 e. The molecule has 1 aliphatic rings. The van der Waals surface area contributed by atoms with Crippen LogP contribution in [0.2, 0.25) is 0 Å². The van der Waals surface area contributed by atoms with E-state index in [0.29, 0.717) is 19.1 Å². The molecule has 0 spiro atoms. The number of rotatable bonds is 5. The van der Waals surface area contributed by atoms with Gasteiger partial charge in [0.25, 0.3) is 0 Å². The normalized spacial score (nSPS) is 13.5. The van der Waals surface area contributed by atoms with E-state index in [-0.39, 0.29) is 0 Å². The standard InChI is InChI=1S/C15H19N3O2S/c1-10(2)14-17-15(21-18-14)16-6-5-11-3-4-12-13(9-11)20-8-7-19-12/h3-4,9-10H,5-8H2,1-2H3,(H,16,17,18). The van der Waals surface area contributed by atoms with Crippen LogP contribution in [0, 0.1) is 0 Å². The van der Waals surface area contributed by atoms with Crippen LogP contribution in [0.4, 0.5) is 5.13 Å². The molecule has 0 atom stereocenters. The molecule has 0 aliphatic carbocycles. The highest BCUT2D eigenvalue weighted by molar-refractivity contribution is 7.09. The van der Waals surface area contributed by atoms with Crippen molar-refractivity contribution in [3.63, 3.8) is 0 Å². The molecule has 1 aliphatic heterocycles. The summed E-state index contributed by atoms with van der Waals surface area (Å²) >= 11 is 1.42. The van der Waals surface area contributed by atoms with Gasteiger partial charge in [-0.15, -0.1) is 0 Å². The predicted octanol–water partition coefficient (Wildman–Crippen LogP) is 3.09. The first-order valence-electron chi connectivity index (χ1n) is 7.18. The topological polar surface area (TPSA) is 56.3 Å². The number of nitrogens with zero attached hydrogens (tertiary/aromatic N) is 2. The lowest BCUT2D eigenvalue weighted by Crippen LogP contribution is -2.15. The number of aromatic nitrogens is 2. The van der Waals surface area contributed by atoms with Crippen LogP contribution in [0.15, 0.2) is 18.2 Å². The summed E-state index contributed by atoms with van der Waals surface area (Å²) in [4.78, 5) is 4.46. The van der Waals surface area contributed by atoms with Gasteiger partial charge in [0.05, 0.1) is 0 Å². The van der Waals surface area contributed by atoms with Gasteiger partial charge in [-0.1, -0.05) is 19.9 Å². The number of benzene rings is 1. The van der Waals surface area contributed by atoms with Crippen LogP contribution < -0.4 is 14.8 Å². The number of ether oxygens (including phenoxy) is 2. The highest BCUT2D eigenvalue weighted by Gasteiger charge is 2.12. The fourth-order valence-corrected chi connectivity index (χ4v) is 2.83. The second-order valence-corrected chi connectivity index (χ2v) is 6.02. The average Bonchev–Trinajstić information content (AvgIpc) is 2.96. The molecule has 5 nitrogen and oxygen atoms in total. The van der Waals surface area contributed by atoms with E-state index in [1.165, 1.54) is 17.1 Å². The Morgan fingerprint density at radius 2 is 2.05 bits per heavy atom. The van der Waals surface area contributed by atoms with E-state index in [9.17, 15) is 0 Å². The molecule has 0 bridgehead atoms. The van der Waals surface area contributed by atoms with Crippen molar-refractivity contribution >= 4 is 16.7 Å². The second kappa shape index (κ2) is 6.30. The van der Waals surface area contributed by atoms with Crippen LogP contribution in [0.25, 0.3) is 0 Å². The van der Waals surface area contributed by atoms with Crippen molar-refractivity contribution in [1.82, 2.24) is 9.36 Å². The van der Waals surface area contributed by atoms with Crippen molar-refractivity contribution in [2.75, 3.05) is 25.1 Å². The van der Waals surface area contributed by atoms with Crippen molar-refractivity contribution in [1.29, 1.82) is 0 Å². The van der Waals surface area contributed by atoms with E-state index in [2.05, 4.69) is 40.7 Å². The zero-order chi connectivity index (χ0) is 14.7. The molecule has 1 aromatic heterocycles. The van der Waals surface area contributed by atoms with Crippen LogP contribution in [-0.4, -0.2) is 29.1 Å². The molecule has 21 heavy (non-hydrogen) atoms. The molecule has 2 aromatic rings. The fourth-order valence-electron chi connectivity index (χ4n) is 2.10. The zero-order valence-electron chi connectivity index (χ0n) is 12.3. The van der Waals surface area contributed by atoms with Crippen molar-refractivity contribution in [2.24, 2.45) is 0 Å². The van der Waals surface area contributed by atoms with Gasteiger partial charge >= 0.3 is 0 Å². The van der Waals surface area contributed by atoms with Gasteiger partial charge in [-0.05, 0) is 24.1 Å². The van der Waals surface area contributed by atoms with Gasteiger partial charge in [-0.3, -0.25) is 0 Å². The summed E-state index contributed by atoms with van der Waals surface area (Å²) in [5, 5.41) is 4.21. The summed E-state index contributed by atoms with van der Waals surface area (Å²) in [5.74, 6) is 2.96. The molecule has 6 heteroatoms. The average molecular weight is 305 g/mol. The predicted molar refractivity (Wildman–Crippen MR) is 83.6 cm³/mol. The molecule has 1 N–H and O–H groups in total. The molecule has 2 heterocycles. The van der Waals surface area contributed by atoms with E-state index in [4.69, 9.17) is 9.47 Å². The number of hydrogen-bond acceptors (Lipinski definition) is 6. The molecule has 0 radical (unpaired) electrons. The van der Waals surface area contributed by atoms with Crippen molar-refractivity contribution in [3.8, 4) is 11.5 Å². The lowest BCUT2D eigenvalue weighted by atomic mass is 10.1. The van der Waals surface area contributed by atoms with E-state index < -0.39 is 0 Å². The van der Waals surface area contributed by atoms with Crippen LogP contribution >= 0.6 is 11.5 Å². The summed E-state index contributed by atoms with van der Waals surface area (Å²) < 4.78 is 15.4. The molecule has 0 fully saturated rings. The van der Waals surface area contributed by atoms with Crippen molar-refractivity contribution < 1.29 is 9.47 Å². The first-order chi connectivity index (χ1) is 10.2. The first-order valence-corrected chi connectivity index (χ1v) is 7.96. The summed E-state index contributed by atoms with van der Waals surface area (Å²) in [7, 11) is 0. The minimum atomic E-state index is 0.370. The van der Waals surface area contributed by atoms with Crippen LogP contribution in [0.3, 0.4) is 0 Å². The lowest BCUT2D eigenvalue weighted by Gasteiger charge is -2.18. The van der Waals surface area contributed by atoms with Crippen molar-refractivity contribution in [2.45, 2.75) is 26.2 Å². The van der Waals surface area contributed by atoms with Gasteiger partial charge in [0.15, 0.2) is 11.5 Å². The Hall–Kier alpha value is -1.82. The molecule has 0 amide bonds. The maximum Gasteiger partial charge on any atom is 0.202 e. The molecule has 112 valence electrons. The maximum absolute atomic E-state index is 5.59. The monoisotopic (exact) mass is 305 g/mol. The Balaban J connectivity index is 1.55. The zero-order valence-corrected chi connectivity index (χ0v) is 13.1. The Morgan fingerprint density at radius 1 is 1.24 bits per heavy atom. The Bertz CT molecular complexity index is 613. The molecule has 0 saturated carbocycles. The summed E-state index contributed by atoms with van der Waals surface area (Å²) in [6.07, 6.45) is 0.910. The van der Waals surface area contributed by atoms with E-state index >= 15 is 0 Å². The van der Waals surface area contributed by atoms with E-state index in [1.807, 2.05) is 6.07 Å². The molecular weight excluding hydrogens is 286 g/mol.